The number of benzene rings is 1. The van der Waals surface area contributed by atoms with Gasteiger partial charge in [-0.15, -0.1) is 0 Å². The van der Waals surface area contributed by atoms with Crippen molar-refractivity contribution in [3.05, 3.63) is 33.9 Å². The van der Waals surface area contributed by atoms with Crippen molar-refractivity contribution in [2.24, 2.45) is 0 Å². The molecule has 2 atom stereocenters. The van der Waals surface area contributed by atoms with Crippen LogP contribution in [0.3, 0.4) is 0 Å². The lowest BCUT2D eigenvalue weighted by molar-refractivity contribution is -0.388. The van der Waals surface area contributed by atoms with Gasteiger partial charge in [-0.3, -0.25) is 10.1 Å². The van der Waals surface area contributed by atoms with Gasteiger partial charge in [0, 0.05) is 23.8 Å². The standard InChI is InChI=1S/C13H16F3N3O2/c1-8-11(3-2-6-17-8)18-9-4-5-12(19(20)21)10(7-9)13(14,15)16/h4-5,7-8,11,17-18H,2-3,6H2,1H3. The van der Waals surface area contributed by atoms with Crippen molar-refractivity contribution < 1.29 is 18.1 Å². The highest BCUT2D eigenvalue weighted by molar-refractivity contribution is 5.55. The number of hydrogen-bond donors (Lipinski definition) is 2. The van der Waals surface area contributed by atoms with Crippen molar-refractivity contribution in [1.82, 2.24) is 5.32 Å². The number of hydrogen-bond acceptors (Lipinski definition) is 4. The molecule has 0 amide bonds. The first-order valence-corrected chi connectivity index (χ1v) is 6.64. The Balaban J connectivity index is 2.27. The molecule has 2 rings (SSSR count). The van der Waals surface area contributed by atoms with E-state index in [-0.39, 0.29) is 17.8 Å². The van der Waals surface area contributed by atoms with Crippen molar-refractivity contribution in [3.63, 3.8) is 0 Å². The molecule has 2 unspecified atom stereocenters. The van der Waals surface area contributed by atoms with Crippen LogP contribution in [0.1, 0.15) is 25.3 Å². The average molecular weight is 303 g/mol. The number of nitro benzene ring substituents is 1. The topological polar surface area (TPSA) is 67.2 Å². The summed E-state index contributed by atoms with van der Waals surface area (Å²) in [5.41, 5.74) is -1.91. The van der Waals surface area contributed by atoms with Gasteiger partial charge >= 0.3 is 6.18 Å². The smallest absolute Gasteiger partial charge is 0.381 e. The second-order valence-electron chi connectivity index (χ2n) is 5.12. The number of rotatable bonds is 3. The first kappa shape index (κ1) is 15.6. The highest BCUT2D eigenvalue weighted by Crippen LogP contribution is 2.37. The molecule has 5 nitrogen and oxygen atoms in total. The van der Waals surface area contributed by atoms with Gasteiger partial charge in [-0.1, -0.05) is 0 Å². The summed E-state index contributed by atoms with van der Waals surface area (Å²) in [6, 6.07) is 3.14. The molecule has 0 radical (unpaired) electrons. The summed E-state index contributed by atoms with van der Waals surface area (Å²) in [6.45, 7) is 2.83. The fourth-order valence-corrected chi connectivity index (χ4v) is 2.47. The number of alkyl halides is 3. The summed E-state index contributed by atoms with van der Waals surface area (Å²) >= 11 is 0. The fourth-order valence-electron chi connectivity index (χ4n) is 2.47. The largest absolute Gasteiger partial charge is 0.423 e. The predicted octanol–water partition coefficient (Wildman–Crippen LogP) is 3.17. The van der Waals surface area contributed by atoms with Crippen LogP contribution >= 0.6 is 0 Å². The quantitative estimate of drug-likeness (QED) is 0.665. The second kappa shape index (κ2) is 5.88. The van der Waals surface area contributed by atoms with Crippen LogP contribution in [-0.2, 0) is 6.18 Å². The van der Waals surface area contributed by atoms with Gasteiger partial charge in [-0.2, -0.15) is 13.2 Å². The Kier molecular flexibility index (Phi) is 4.36. The molecule has 2 N–H and O–H groups in total. The van der Waals surface area contributed by atoms with Gasteiger partial charge in [0.2, 0.25) is 0 Å². The van der Waals surface area contributed by atoms with Crippen LogP contribution < -0.4 is 10.6 Å². The number of piperidine rings is 1. The molecule has 8 heteroatoms. The van der Waals surface area contributed by atoms with E-state index in [0.717, 1.165) is 31.5 Å². The Hall–Kier alpha value is -1.83. The van der Waals surface area contributed by atoms with Crippen LogP contribution in [0.25, 0.3) is 0 Å². The second-order valence-corrected chi connectivity index (χ2v) is 5.12. The van der Waals surface area contributed by atoms with Crippen LogP contribution in [0.4, 0.5) is 24.5 Å². The number of halogens is 3. The molecule has 0 aromatic heterocycles. The molecular formula is C13H16F3N3O2. The van der Waals surface area contributed by atoms with Gasteiger partial charge in [0.05, 0.1) is 4.92 Å². The summed E-state index contributed by atoms with van der Waals surface area (Å²) in [5.74, 6) is 0. The first-order chi connectivity index (χ1) is 9.79. The Morgan fingerprint density at radius 2 is 2.14 bits per heavy atom. The van der Waals surface area contributed by atoms with Crippen molar-refractivity contribution in [2.75, 3.05) is 11.9 Å². The Bertz CT molecular complexity index is 534. The molecule has 116 valence electrons. The van der Waals surface area contributed by atoms with Crippen molar-refractivity contribution in [1.29, 1.82) is 0 Å². The van der Waals surface area contributed by atoms with Gasteiger partial charge < -0.3 is 10.6 Å². The molecule has 0 aliphatic carbocycles. The molecule has 21 heavy (non-hydrogen) atoms. The van der Waals surface area contributed by atoms with Crippen LogP contribution in [0.5, 0.6) is 0 Å². The minimum absolute atomic E-state index is 0.00119. The monoisotopic (exact) mass is 303 g/mol. The molecule has 0 saturated carbocycles. The molecule has 1 aromatic carbocycles. The van der Waals surface area contributed by atoms with Gasteiger partial charge in [0.15, 0.2) is 0 Å². The Morgan fingerprint density at radius 1 is 1.43 bits per heavy atom. The number of nitrogens with one attached hydrogen (secondary N) is 2. The maximum absolute atomic E-state index is 12.9. The summed E-state index contributed by atoms with van der Waals surface area (Å²) in [4.78, 5) is 9.68. The minimum Gasteiger partial charge on any atom is -0.381 e. The van der Waals surface area contributed by atoms with Gasteiger partial charge in [0.1, 0.15) is 5.56 Å². The Labute approximate surface area is 119 Å². The third kappa shape index (κ3) is 3.63. The van der Waals surface area contributed by atoms with Crippen LogP contribution in [-0.4, -0.2) is 23.6 Å². The van der Waals surface area contributed by atoms with E-state index in [1.165, 1.54) is 6.07 Å². The molecular weight excluding hydrogens is 287 g/mol. The summed E-state index contributed by atoms with van der Waals surface area (Å²) in [5, 5.41) is 17.0. The van der Waals surface area contributed by atoms with E-state index in [9.17, 15) is 23.3 Å². The van der Waals surface area contributed by atoms with Gasteiger partial charge in [-0.05, 0) is 38.4 Å². The fraction of sp³-hybridized carbons (Fsp3) is 0.538. The predicted molar refractivity (Wildman–Crippen MR) is 72.2 cm³/mol. The van der Waals surface area contributed by atoms with E-state index < -0.39 is 22.4 Å². The molecule has 0 bridgehead atoms. The lowest BCUT2D eigenvalue weighted by atomic mass is 9.99. The summed E-state index contributed by atoms with van der Waals surface area (Å²) in [7, 11) is 0. The lowest BCUT2D eigenvalue weighted by Crippen LogP contribution is -2.46. The highest BCUT2D eigenvalue weighted by atomic mass is 19.4. The number of nitrogens with zero attached hydrogens (tertiary/aromatic N) is 1. The zero-order valence-corrected chi connectivity index (χ0v) is 11.4. The van der Waals surface area contributed by atoms with Crippen LogP contribution in [0.15, 0.2) is 18.2 Å². The molecule has 1 saturated heterocycles. The zero-order chi connectivity index (χ0) is 15.6. The van der Waals surface area contributed by atoms with E-state index in [1.54, 1.807) is 0 Å². The molecule has 1 fully saturated rings. The molecule has 0 spiro atoms. The SMILES string of the molecule is CC1NCCCC1Nc1ccc([N+](=O)[O-])c(C(F)(F)F)c1. The highest BCUT2D eigenvalue weighted by Gasteiger charge is 2.38. The van der Waals surface area contributed by atoms with E-state index in [1.807, 2.05) is 6.92 Å². The zero-order valence-electron chi connectivity index (χ0n) is 11.4. The lowest BCUT2D eigenvalue weighted by Gasteiger charge is -2.31. The van der Waals surface area contributed by atoms with Gasteiger partial charge in [-0.25, -0.2) is 0 Å². The van der Waals surface area contributed by atoms with Crippen molar-refractivity contribution in [3.8, 4) is 0 Å². The molecule has 1 aliphatic heterocycles. The van der Waals surface area contributed by atoms with E-state index >= 15 is 0 Å². The van der Waals surface area contributed by atoms with Crippen molar-refractivity contribution in [2.45, 2.75) is 38.0 Å². The van der Waals surface area contributed by atoms with E-state index in [0.29, 0.717) is 0 Å². The third-order valence-corrected chi connectivity index (χ3v) is 3.61. The molecule has 1 aromatic rings. The van der Waals surface area contributed by atoms with Crippen LogP contribution in [0.2, 0.25) is 0 Å². The summed E-state index contributed by atoms with van der Waals surface area (Å²) < 4.78 is 38.7. The minimum atomic E-state index is -4.75. The number of nitro groups is 1. The maximum Gasteiger partial charge on any atom is 0.423 e. The third-order valence-electron chi connectivity index (χ3n) is 3.61. The van der Waals surface area contributed by atoms with Crippen molar-refractivity contribution >= 4 is 11.4 Å². The first-order valence-electron chi connectivity index (χ1n) is 6.64. The summed E-state index contributed by atoms with van der Waals surface area (Å²) in [6.07, 6.45) is -2.98. The van der Waals surface area contributed by atoms with E-state index in [2.05, 4.69) is 10.6 Å². The van der Waals surface area contributed by atoms with Crippen LogP contribution in [0, 0.1) is 10.1 Å². The molecule has 1 heterocycles. The Morgan fingerprint density at radius 3 is 2.71 bits per heavy atom. The molecule has 1 aliphatic rings. The normalized spacial score (nSPS) is 22.9. The maximum atomic E-state index is 12.9. The van der Waals surface area contributed by atoms with Gasteiger partial charge in [0.25, 0.3) is 5.69 Å². The van der Waals surface area contributed by atoms with E-state index in [4.69, 9.17) is 0 Å². The number of anilines is 1. The average Bonchev–Trinajstić information content (AvgIpc) is 2.40.